The minimum Gasteiger partial charge on any atom is -0.445 e. The molecule has 1 aliphatic rings. The molecule has 4 nitrogen and oxygen atoms in total. The summed E-state index contributed by atoms with van der Waals surface area (Å²) in [5.41, 5.74) is 0. The summed E-state index contributed by atoms with van der Waals surface area (Å²) < 4.78 is 11.1. The predicted octanol–water partition coefficient (Wildman–Crippen LogP) is 1.92. The molecule has 1 aliphatic heterocycles. The number of carbonyl (C=O) groups is 1. The maximum atomic E-state index is 10.9. The van der Waals surface area contributed by atoms with Crippen molar-refractivity contribution in [3.63, 3.8) is 0 Å². The van der Waals surface area contributed by atoms with Crippen molar-refractivity contribution in [3.8, 4) is 0 Å². The van der Waals surface area contributed by atoms with E-state index in [0.29, 0.717) is 18.1 Å². The maximum absolute atomic E-state index is 10.9. The lowest BCUT2D eigenvalue weighted by Crippen LogP contribution is -2.21. The zero-order valence-electron chi connectivity index (χ0n) is 9.57. The minimum absolute atomic E-state index is 0.0941. The maximum Gasteiger partial charge on any atom is 0.196 e. The van der Waals surface area contributed by atoms with E-state index >= 15 is 0 Å². The van der Waals surface area contributed by atoms with Crippen LogP contribution in [0.1, 0.15) is 37.8 Å². The van der Waals surface area contributed by atoms with Crippen LogP contribution in [0.15, 0.2) is 10.6 Å². The van der Waals surface area contributed by atoms with Gasteiger partial charge in [-0.3, -0.25) is 4.79 Å². The number of aromatic nitrogens is 1. The molecule has 0 amide bonds. The molecule has 16 heavy (non-hydrogen) atoms. The van der Waals surface area contributed by atoms with Crippen molar-refractivity contribution in [2.45, 2.75) is 45.1 Å². The van der Waals surface area contributed by atoms with Crippen LogP contribution in [0.3, 0.4) is 0 Å². The Balaban J connectivity index is 1.88. The monoisotopic (exact) mass is 223 g/mol. The van der Waals surface area contributed by atoms with Gasteiger partial charge in [-0.05, 0) is 26.2 Å². The number of Topliss-reactive ketones (excluding diaryl/α,β-unsaturated/α-hetero) is 1. The van der Waals surface area contributed by atoms with Crippen molar-refractivity contribution in [1.82, 2.24) is 4.98 Å². The van der Waals surface area contributed by atoms with Crippen LogP contribution < -0.4 is 0 Å². The Morgan fingerprint density at radius 1 is 1.56 bits per heavy atom. The van der Waals surface area contributed by atoms with Gasteiger partial charge in [-0.15, -0.1) is 0 Å². The van der Waals surface area contributed by atoms with Gasteiger partial charge in [-0.25, -0.2) is 4.98 Å². The van der Waals surface area contributed by atoms with Crippen LogP contribution in [0.2, 0.25) is 0 Å². The normalized spacial score (nSPS) is 20.9. The van der Waals surface area contributed by atoms with E-state index in [1.165, 1.54) is 6.42 Å². The lowest BCUT2D eigenvalue weighted by atomic mass is 10.1. The van der Waals surface area contributed by atoms with Crippen molar-refractivity contribution >= 4 is 5.78 Å². The first-order valence-electron chi connectivity index (χ1n) is 5.78. The Morgan fingerprint density at radius 3 is 3.12 bits per heavy atom. The van der Waals surface area contributed by atoms with Gasteiger partial charge in [-0.2, -0.15) is 0 Å². The van der Waals surface area contributed by atoms with E-state index in [0.717, 1.165) is 25.9 Å². The Kier molecular flexibility index (Phi) is 3.72. The highest BCUT2D eigenvalue weighted by Gasteiger charge is 2.17. The zero-order chi connectivity index (χ0) is 11.4. The summed E-state index contributed by atoms with van der Waals surface area (Å²) >= 11 is 0. The topological polar surface area (TPSA) is 52.3 Å². The number of ether oxygens (including phenoxy) is 1. The van der Waals surface area contributed by atoms with E-state index < -0.39 is 0 Å². The van der Waals surface area contributed by atoms with E-state index in [1.54, 1.807) is 13.1 Å². The van der Waals surface area contributed by atoms with Gasteiger partial charge >= 0.3 is 0 Å². The molecule has 0 aliphatic carbocycles. The molecule has 0 aromatic carbocycles. The van der Waals surface area contributed by atoms with E-state index in [9.17, 15) is 4.79 Å². The largest absolute Gasteiger partial charge is 0.445 e. The molecule has 0 saturated carbocycles. The van der Waals surface area contributed by atoms with E-state index in [4.69, 9.17) is 9.15 Å². The van der Waals surface area contributed by atoms with Gasteiger partial charge in [0.2, 0.25) is 0 Å². The molecule has 0 N–H and O–H groups in total. The first-order chi connectivity index (χ1) is 7.74. The number of ketones is 1. The molecule has 4 heteroatoms. The number of nitrogens with zero attached hydrogens (tertiary/aromatic N) is 1. The van der Waals surface area contributed by atoms with Crippen LogP contribution in [-0.4, -0.2) is 23.5 Å². The van der Waals surface area contributed by atoms with Crippen LogP contribution >= 0.6 is 0 Å². The Hall–Kier alpha value is -1.16. The van der Waals surface area contributed by atoms with Crippen LogP contribution in [0.25, 0.3) is 0 Å². The Labute approximate surface area is 95.0 Å². The standard InChI is InChI=1S/C12H17NO3/c1-9(14)6-11-8-13-12(16-11)7-10-4-2-3-5-15-10/h8,10H,2-7H2,1H3. The average molecular weight is 223 g/mol. The predicted molar refractivity (Wildman–Crippen MR) is 58.2 cm³/mol. The van der Waals surface area contributed by atoms with Crippen molar-refractivity contribution in [2.24, 2.45) is 0 Å². The molecule has 0 radical (unpaired) electrons. The van der Waals surface area contributed by atoms with Gasteiger partial charge in [0.25, 0.3) is 0 Å². The number of hydrogen-bond donors (Lipinski definition) is 0. The number of carbonyl (C=O) groups excluding carboxylic acids is 1. The van der Waals surface area contributed by atoms with Gasteiger partial charge in [0.1, 0.15) is 11.5 Å². The fourth-order valence-corrected chi connectivity index (χ4v) is 1.93. The molecule has 2 heterocycles. The SMILES string of the molecule is CC(=O)Cc1cnc(CC2CCCCO2)o1. The van der Waals surface area contributed by atoms with Gasteiger partial charge in [-0.1, -0.05) is 0 Å². The Morgan fingerprint density at radius 2 is 2.44 bits per heavy atom. The van der Waals surface area contributed by atoms with Crippen molar-refractivity contribution < 1.29 is 13.9 Å². The number of rotatable bonds is 4. The first-order valence-corrected chi connectivity index (χ1v) is 5.78. The molecule has 1 unspecified atom stereocenters. The van der Waals surface area contributed by atoms with Gasteiger partial charge < -0.3 is 9.15 Å². The molecule has 1 atom stereocenters. The van der Waals surface area contributed by atoms with E-state index in [2.05, 4.69) is 4.98 Å². The highest BCUT2D eigenvalue weighted by Crippen LogP contribution is 2.17. The average Bonchev–Trinajstić information content (AvgIpc) is 2.66. The summed E-state index contributed by atoms with van der Waals surface area (Å²) in [4.78, 5) is 15.1. The fraction of sp³-hybridized carbons (Fsp3) is 0.667. The molecule has 0 bridgehead atoms. The quantitative estimate of drug-likeness (QED) is 0.782. The second kappa shape index (κ2) is 5.25. The van der Waals surface area contributed by atoms with Crippen molar-refractivity contribution in [2.75, 3.05) is 6.61 Å². The third-order valence-corrected chi connectivity index (χ3v) is 2.70. The molecule has 1 saturated heterocycles. The molecular weight excluding hydrogens is 206 g/mol. The second-order valence-electron chi connectivity index (χ2n) is 4.29. The first kappa shape index (κ1) is 11.3. The van der Waals surface area contributed by atoms with Crippen LogP contribution in [-0.2, 0) is 22.4 Å². The highest BCUT2D eigenvalue weighted by molar-refractivity contribution is 5.77. The van der Waals surface area contributed by atoms with Crippen molar-refractivity contribution in [3.05, 3.63) is 17.8 Å². The third-order valence-electron chi connectivity index (χ3n) is 2.70. The van der Waals surface area contributed by atoms with Crippen molar-refractivity contribution in [1.29, 1.82) is 0 Å². The number of oxazole rings is 1. The highest BCUT2D eigenvalue weighted by atomic mass is 16.5. The minimum atomic E-state index is 0.0941. The molecule has 1 aromatic rings. The molecule has 88 valence electrons. The van der Waals surface area contributed by atoms with Gasteiger partial charge in [0.15, 0.2) is 5.89 Å². The van der Waals surface area contributed by atoms with E-state index in [-0.39, 0.29) is 11.9 Å². The van der Waals surface area contributed by atoms with Crippen LogP contribution in [0, 0.1) is 0 Å². The third kappa shape index (κ3) is 3.17. The summed E-state index contributed by atoms with van der Waals surface area (Å²) in [5, 5.41) is 0. The van der Waals surface area contributed by atoms with E-state index in [1.807, 2.05) is 0 Å². The fourth-order valence-electron chi connectivity index (χ4n) is 1.93. The number of hydrogen-bond acceptors (Lipinski definition) is 4. The molecule has 1 fully saturated rings. The van der Waals surface area contributed by atoms with Gasteiger partial charge in [0.05, 0.1) is 25.1 Å². The summed E-state index contributed by atoms with van der Waals surface area (Å²) in [5.74, 6) is 1.43. The van der Waals surface area contributed by atoms with Crippen LogP contribution in [0.5, 0.6) is 0 Å². The lowest BCUT2D eigenvalue weighted by Gasteiger charge is -2.20. The molecular formula is C12H17NO3. The molecule has 1 aromatic heterocycles. The summed E-state index contributed by atoms with van der Waals surface area (Å²) in [6, 6.07) is 0. The van der Waals surface area contributed by atoms with Gasteiger partial charge in [0, 0.05) is 6.61 Å². The smallest absolute Gasteiger partial charge is 0.196 e. The summed E-state index contributed by atoms with van der Waals surface area (Å²) in [7, 11) is 0. The molecule has 0 spiro atoms. The Bertz CT molecular complexity index is 353. The summed E-state index contributed by atoms with van der Waals surface area (Å²) in [6.07, 6.45) is 6.36. The lowest BCUT2D eigenvalue weighted by molar-refractivity contribution is -0.116. The zero-order valence-corrected chi connectivity index (χ0v) is 9.57. The van der Waals surface area contributed by atoms with Crippen LogP contribution in [0.4, 0.5) is 0 Å². The molecule has 2 rings (SSSR count). The second-order valence-corrected chi connectivity index (χ2v) is 4.29. The summed E-state index contributed by atoms with van der Waals surface area (Å²) in [6.45, 7) is 2.39.